The zero-order chi connectivity index (χ0) is 17.8. The molecule has 2 unspecified atom stereocenters. The molecule has 4 aliphatic carbocycles. The van der Waals surface area contributed by atoms with E-state index in [0.29, 0.717) is 22.8 Å². The third-order valence-corrected chi connectivity index (χ3v) is 9.31. The molecule has 0 spiro atoms. The second-order valence-corrected chi connectivity index (χ2v) is 9.98. The minimum Gasteiger partial charge on any atom is -0.477 e. The molecule has 4 fully saturated rings. The van der Waals surface area contributed by atoms with Crippen LogP contribution in [0.2, 0.25) is 0 Å². The average molecular weight is 343 g/mol. The Labute approximate surface area is 152 Å². The van der Waals surface area contributed by atoms with Crippen LogP contribution in [-0.2, 0) is 4.79 Å². The summed E-state index contributed by atoms with van der Waals surface area (Å²) >= 11 is 0. The molecule has 0 heterocycles. The van der Waals surface area contributed by atoms with Crippen LogP contribution in [0.25, 0.3) is 0 Å². The molecule has 4 rings (SSSR count). The van der Waals surface area contributed by atoms with Crippen LogP contribution in [0.3, 0.4) is 0 Å². The van der Waals surface area contributed by atoms with Crippen LogP contribution >= 0.6 is 0 Å². The Hall–Kier alpha value is -1.01. The third kappa shape index (κ3) is 2.40. The number of fused-ring (bicyclic) bond motifs is 5. The molecular weight excluding hydrogens is 308 g/mol. The normalized spacial score (nSPS) is 48.6. The van der Waals surface area contributed by atoms with Gasteiger partial charge >= 0.3 is 5.97 Å². The quantitative estimate of drug-likeness (QED) is 0.506. The number of carboxylic acid groups (broad SMARTS) is 1. The van der Waals surface area contributed by atoms with Crippen molar-refractivity contribution in [3.05, 3.63) is 17.9 Å². The van der Waals surface area contributed by atoms with Crippen molar-refractivity contribution in [3.8, 4) is 0 Å². The van der Waals surface area contributed by atoms with Gasteiger partial charge in [0, 0.05) is 5.92 Å². The molecule has 0 amide bonds. The van der Waals surface area contributed by atoms with Crippen molar-refractivity contribution >= 4 is 5.97 Å². The molecule has 2 heteroatoms. The zero-order valence-electron chi connectivity index (χ0n) is 16.0. The van der Waals surface area contributed by atoms with Crippen LogP contribution in [0.1, 0.15) is 78.1 Å². The molecule has 1 N–H and O–H groups in total. The second kappa shape index (κ2) is 6.02. The van der Waals surface area contributed by atoms with Crippen molar-refractivity contribution in [1.29, 1.82) is 0 Å². The van der Waals surface area contributed by atoms with Gasteiger partial charge in [-0.05, 0) is 85.9 Å². The van der Waals surface area contributed by atoms with Gasteiger partial charge < -0.3 is 5.11 Å². The Morgan fingerprint density at radius 1 is 1.00 bits per heavy atom. The van der Waals surface area contributed by atoms with Gasteiger partial charge in [-0.15, -0.1) is 5.73 Å². The van der Waals surface area contributed by atoms with Crippen molar-refractivity contribution in [2.75, 3.05) is 0 Å². The lowest BCUT2D eigenvalue weighted by atomic mass is 9.42. The van der Waals surface area contributed by atoms with E-state index in [2.05, 4.69) is 26.2 Å². The summed E-state index contributed by atoms with van der Waals surface area (Å²) < 4.78 is 0. The van der Waals surface area contributed by atoms with Gasteiger partial charge in [-0.1, -0.05) is 33.3 Å². The van der Waals surface area contributed by atoms with Gasteiger partial charge in [-0.25, -0.2) is 4.79 Å². The van der Waals surface area contributed by atoms with Gasteiger partial charge in [0.15, 0.2) is 0 Å². The Kier molecular flexibility index (Phi) is 4.19. The first-order chi connectivity index (χ1) is 11.9. The van der Waals surface area contributed by atoms with E-state index < -0.39 is 5.97 Å². The van der Waals surface area contributed by atoms with Crippen LogP contribution < -0.4 is 0 Å². The van der Waals surface area contributed by atoms with E-state index in [0.717, 1.165) is 18.3 Å². The molecule has 0 aromatic heterocycles. The summed E-state index contributed by atoms with van der Waals surface area (Å²) in [6.45, 7) is 8.75. The lowest BCUT2D eigenvalue weighted by Crippen LogP contribution is -2.55. The first-order valence-corrected chi connectivity index (χ1v) is 10.5. The molecule has 2 nitrogen and oxygen atoms in total. The molecule has 138 valence electrons. The fraction of sp³-hybridized carbons (Fsp3) is 0.826. The number of carbonyl (C=O) groups is 1. The monoisotopic (exact) mass is 342 g/mol. The molecule has 0 aliphatic heterocycles. The summed E-state index contributed by atoms with van der Waals surface area (Å²) in [7, 11) is 0. The van der Waals surface area contributed by atoms with Gasteiger partial charge in [0.25, 0.3) is 0 Å². The van der Waals surface area contributed by atoms with E-state index in [4.69, 9.17) is 0 Å². The minimum absolute atomic E-state index is 0.142. The number of hydrogen-bond acceptors (Lipinski definition) is 1. The molecule has 7 atom stereocenters. The lowest BCUT2D eigenvalue weighted by molar-refractivity contribution is -0.142. The van der Waals surface area contributed by atoms with E-state index in [9.17, 15) is 9.90 Å². The Morgan fingerprint density at radius 3 is 2.52 bits per heavy atom. The van der Waals surface area contributed by atoms with Crippen LogP contribution in [0.5, 0.6) is 0 Å². The summed E-state index contributed by atoms with van der Waals surface area (Å²) in [5, 5.41) is 9.78. The molecule has 0 aromatic rings. The largest absolute Gasteiger partial charge is 0.477 e. The highest BCUT2D eigenvalue weighted by Gasteiger charge is 2.60. The van der Waals surface area contributed by atoms with E-state index in [1.807, 2.05) is 0 Å². The third-order valence-electron chi connectivity index (χ3n) is 9.31. The van der Waals surface area contributed by atoms with Crippen molar-refractivity contribution in [2.45, 2.75) is 78.1 Å². The predicted octanol–water partition coefficient (Wildman–Crippen LogP) is 5.83. The minimum atomic E-state index is -0.787. The molecule has 0 aromatic carbocycles. The van der Waals surface area contributed by atoms with Crippen LogP contribution in [0.4, 0.5) is 0 Å². The van der Waals surface area contributed by atoms with E-state index in [1.54, 1.807) is 0 Å². The van der Waals surface area contributed by atoms with E-state index in [-0.39, 0.29) is 11.3 Å². The maximum Gasteiger partial charge on any atom is 0.339 e. The maximum atomic E-state index is 11.9. The number of carboxylic acids is 1. The highest BCUT2D eigenvalue weighted by Crippen LogP contribution is 2.68. The Balaban J connectivity index is 1.73. The van der Waals surface area contributed by atoms with Gasteiger partial charge in [0.1, 0.15) is 0 Å². The maximum absolute atomic E-state index is 11.9. The smallest absolute Gasteiger partial charge is 0.339 e. The standard InChI is InChI=1S/C23H34O2/c1-4-16(21(24)25)19-8-5-7-15-10-11-17-18-9-6-13-22(18,2)14-12-20(17)23(15,19)3/h15,17-20H,1,5-14H2,2-3H3,(H,24,25)/t15?,17-,18-,19?,20-,22-,23+/m0/s1. The van der Waals surface area contributed by atoms with Crippen LogP contribution in [0, 0.1) is 40.4 Å². The highest BCUT2D eigenvalue weighted by molar-refractivity contribution is 5.87. The SMILES string of the molecule is C=C=C(C(=O)O)C1CCCC2CC[C@H]3[C@@H]4CCC[C@@]4(C)CC[C@@H]3[C@]21C. The van der Waals surface area contributed by atoms with Crippen molar-refractivity contribution in [1.82, 2.24) is 0 Å². The number of rotatable bonds is 2. The zero-order valence-corrected chi connectivity index (χ0v) is 16.0. The summed E-state index contributed by atoms with van der Waals surface area (Å²) in [4.78, 5) is 11.9. The number of aliphatic carboxylic acids is 1. The summed E-state index contributed by atoms with van der Waals surface area (Å²) in [5.74, 6) is 2.47. The predicted molar refractivity (Wildman–Crippen MR) is 100 cm³/mol. The fourth-order valence-corrected chi connectivity index (χ4v) is 8.14. The molecule has 0 radical (unpaired) electrons. The van der Waals surface area contributed by atoms with Crippen LogP contribution in [0.15, 0.2) is 17.9 Å². The first kappa shape index (κ1) is 17.4. The Bertz CT molecular complexity index is 616. The average Bonchev–Trinajstić information content (AvgIpc) is 2.97. The molecule has 0 bridgehead atoms. The molecular formula is C23H34O2. The topological polar surface area (TPSA) is 37.3 Å². The molecule has 0 saturated heterocycles. The van der Waals surface area contributed by atoms with Gasteiger partial charge in [0.2, 0.25) is 0 Å². The molecule has 4 aliphatic rings. The summed E-state index contributed by atoms with van der Waals surface area (Å²) in [6, 6.07) is 0. The van der Waals surface area contributed by atoms with Gasteiger partial charge in [-0.2, -0.15) is 0 Å². The fourth-order valence-electron chi connectivity index (χ4n) is 8.14. The highest BCUT2D eigenvalue weighted by atomic mass is 16.4. The van der Waals surface area contributed by atoms with Crippen molar-refractivity contribution in [2.24, 2.45) is 40.4 Å². The van der Waals surface area contributed by atoms with E-state index >= 15 is 0 Å². The first-order valence-electron chi connectivity index (χ1n) is 10.5. The van der Waals surface area contributed by atoms with Crippen LogP contribution in [-0.4, -0.2) is 11.1 Å². The van der Waals surface area contributed by atoms with Crippen molar-refractivity contribution < 1.29 is 9.90 Å². The second-order valence-electron chi connectivity index (χ2n) is 9.98. The Morgan fingerprint density at radius 2 is 1.80 bits per heavy atom. The van der Waals surface area contributed by atoms with Gasteiger partial charge in [-0.3, -0.25) is 0 Å². The van der Waals surface area contributed by atoms with Crippen molar-refractivity contribution in [3.63, 3.8) is 0 Å². The molecule has 25 heavy (non-hydrogen) atoms. The molecule has 4 saturated carbocycles. The summed E-state index contributed by atoms with van der Waals surface area (Å²) in [5.41, 5.74) is 4.04. The lowest BCUT2D eigenvalue weighted by Gasteiger charge is -2.62. The van der Waals surface area contributed by atoms with Gasteiger partial charge in [0.05, 0.1) is 5.57 Å². The summed E-state index contributed by atoms with van der Waals surface area (Å²) in [6.07, 6.45) is 13.1. The van der Waals surface area contributed by atoms with E-state index in [1.165, 1.54) is 57.8 Å². The number of hydrogen-bond donors (Lipinski definition) is 1.